The highest BCUT2D eigenvalue weighted by molar-refractivity contribution is 5.92. The predicted octanol–water partition coefficient (Wildman–Crippen LogP) is 0.678. The molecule has 0 fully saturated rings. The molecule has 90 valence electrons. The molecule has 0 atom stereocenters. The molecule has 1 rings (SSSR count). The second kappa shape index (κ2) is 6.12. The van der Waals surface area contributed by atoms with Crippen molar-refractivity contribution in [1.29, 1.82) is 0 Å². The minimum atomic E-state index is -0.481. The van der Waals surface area contributed by atoms with Gasteiger partial charge in [0, 0.05) is 26.5 Å². The summed E-state index contributed by atoms with van der Waals surface area (Å²) < 4.78 is 11.4. The second-order valence-corrected chi connectivity index (χ2v) is 3.26. The molecule has 0 aliphatic heterocycles. The number of nitrogen functional groups attached to an aromatic ring is 1. The van der Waals surface area contributed by atoms with Gasteiger partial charge in [-0.1, -0.05) is 0 Å². The van der Waals surface area contributed by atoms with E-state index in [1.807, 2.05) is 0 Å². The molecular weight excluding hydrogens is 210 g/mol. The maximum Gasteiger partial charge on any atom is 0.361 e. The molecule has 1 heterocycles. The third kappa shape index (κ3) is 3.23. The first-order chi connectivity index (χ1) is 7.69. The molecule has 1 aromatic heterocycles. The summed E-state index contributed by atoms with van der Waals surface area (Å²) >= 11 is 0. The van der Waals surface area contributed by atoms with E-state index < -0.39 is 5.97 Å². The zero-order chi connectivity index (χ0) is 12.0. The lowest BCUT2D eigenvalue weighted by atomic mass is 10.4. The number of carbonyl (C=O) groups is 1. The lowest BCUT2D eigenvalue weighted by molar-refractivity contribution is 0.0519. The zero-order valence-corrected chi connectivity index (χ0v) is 9.60. The second-order valence-electron chi connectivity index (χ2n) is 3.26. The van der Waals surface area contributed by atoms with Gasteiger partial charge in [-0.05, 0) is 13.3 Å². The number of carbonyl (C=O) groups excluding carboxylic acids is 1. The Morgan fingerprint density at radius 1 is 1.62 bits per heavy atom. The summed E-state index contributed by atoms with van der Waals surface area (Å²) in [6, 6.07) is 0. The van der Waals surface area contributed by atoms with E-state index in [0.717, 1.165) is 6.42 Å². The van der Waals surface area contributed by atoms with Gasteiger partial charge in [-0.25, -0.2) is 4.79 Å². The highest BCUT2D eigenvalue weighted by atomic mass is 16.5. The summed E-state index contributed by atoms with van der Waals surface area (Å²) in [6.45, 7) is 3.37. The number of methoxy groups -OCH3 is 1. The number of ether oxygens (including phenoxy) is 2. The van der Waals surface area contributed by atoms with Crippen LogP contribution < -0.4 is 5.73 Å². The first kappa shape index (κ1) is 12.5. The van der Waals surface area contributed by atoms with E-state index in [1.165, 1.54) is 0 Å². The van der Waals surface area contributed by atoms with Gasteiger partial charge < -0.3 is 15.2 Å². The predicted molar refractivity (Wildman–Crippen MR) is 59.1 cm³/mol. The van der Waals surface area contributed by atoms with Crippen LogP contribution >= 0.6 is 0 Å². The van der Waals surface area contributed by atoms with Crippen LogP contribution in [-0.2, 0) is 16.0 Å². The van der Waals surface area contributed by atoms with E-state index in [4.69, 9.17) is 15.2 Å². The molecule has 16 heavy (non-hydrogen) atoms. The van der Waals surface area contributed by atoms with Gasteiger partial charge in [-0.3, -0.25) is 4.68 Å². The van der Waals surface area contributed by atoms with Crippen LogP contribution in [0.5, 0.6) is 0 Å². The number of nitrogens with two attached hydrogens (primary N) is 1. The van der Waals surface area contributed by atoms with Crippen molar-refractivity contribution in [2.75, 3.05) is 26.1 Å². The Morgan fingerprint density at radius 3 is 3.00 bits per heavy atom. The van der Waals surface area contributed by atoms with Gasteiger partial charge in [0.15, 0.2) is 5.69 Å². The summed E-state index contributed by atoms with van der Waals surface area (Å²) in [7, 11) is 1.64. The first-order valence-electron chi connectivity index (χ1n) is 5.18. The van der Waals surface area contributed by atoms with Crippen molar-refractivity contribution in [3.05, 3.63) is 11.9 Å². The van der Waals surface area contributed by atoms with E-state index >= 15 is 0 Å². The fourth-order valence-corrected chi connectivity index (χ4v) is 1.28. The molecule has 0 aromatic carbocycles. The van der Waals surface area contributed by atoms with Crippen LogP contribution in [0.25, 0.3) is 0 Å². The molecule has 0 unspecified atom stereocenters. The number of aromatic nitrogens is 2. The fourth-order valence-electron chi connectivity index (χ4n) is 1.28. The Labute approximate surface area is 94.3 Å². The number of rotatable bonds is 6. The van der Waals surface area contributed by atoms with E-state index in [1.54, 1.807) is 24.9 Å². The van der Waals surface area contributed by atoms with Crippen molar-refractivity contribution in [3.63, 3.8) is 0 Å². The minimum absolute atomic E-state index is 0.180. The van der Waals surface area contributed by atoms with Crippen LogP contribution in [0.3, 0.4) is 0 Å². The van der Waals surface area contributed by atoms with Gasteiger partial charge in [0.2, 0.25) is 0 Å². The summed E-state index contributed by atoms with van der Waals surface area (Å²) in [5, 5.41) is 4.06. The Balaban J connectivity index is 2.62. The quantitative estimate of drug-likeness (QED) is 0.571. The Kier molecular flexibility index (Phi) is 4.78. The lowest BCUT2D eigenvalue weighted by Crippen LogP contribution is -2.09. The maximum atomic E-state index is 11.4. The summed E-state index contributed by atoms with van der Waals surface area (Å²) in [5.74, 6) is -0.481. The molecule has 0 saturated heterocycles. The first-order valence-corrected chi connectivity index (χ1v) is 5.18. The lowest BCUT2D eigenvalue weighted by Gasteiger charge is -2.00. The van der Waals surface area contributed by atoms with Crippen molar-refractivity contribution in [1.82, 2.24) is 9.78 Å². The van der Waals surface area contributed by atoms with Gasteiger partial charge in [0.1, 0.15) is 0 Å². The Morgan fingerprint density at radius 2 is 2.38 bits per heavy atom. The molecule has 0 amide bonds. The molecule has 6 heteroatoms. The number of nitrogens with zero attached hydrogens (tertiary/aromatic N) is 2. The number of esters is 1. The molecule has 0 bridgehead atoms. The highest BCUT2D eigenvalue weighted by Gasteiger charge is 2.15. The fraction of sp³-hybridized carbons (Fsp3) is 0.600. The van der Waals surface area contributed by atoms with Gasteiger partial charge in [-0.15, -0.1) is 0 Å². The van der Waals surface area contributed by atoms with Crippen molar-refractivity contribution < 1.29 is 14.3 Å². The Hall–Kier alpha value is -1.56. The SMILES string of the molecule is CCOC(=O)c1nn(CCCOC)cc1N. The van der Waals surface area contributed by atoms with Crippen LogP contribution in [0.4, 0.5) is 5.69 Å². The van der Waals surface area contributed by atoms with E-state index in [0.29, 0.717) is 25.4 Å². The van der Waals surface area contributed by atoms with Crippen LogP contribution in [0.1, 0.15) is 23.8 Å². The van der Waals surface area contributed by atoms with Crippen molar-refractivity contribution in [2.24, 2.45) is 0 Å². The Bertz CT molecular complexity index is 349. The topological polar surface area (TPSA) is 79.4 Å². The molecule has 0 spiro atoms. The van der Waals surface area contributed by atoms with Crippen LogP contribution in [-0.4, -0.2) is 36.1 Å². The normalized spacial score (nSPS) is 10.4. The standard InChI is InChI=1S/C10H17N3O3/c1-3-16-10(14)9-8(11)7-13(12-9)5-4-6-15-2/h7H,3-6,11H2,1-2H3. The van der Waals surface area contributed by atoms with Gasteiger partial charge >= 0.3 is 5.97 Å². The van der Waals surface area contributed by atoms with Crippen molar-refractivity contribution in [2.45, 2.75) is 19.9 Å². The van der Waals surface area contributed by atoms with Crippen LogP contribution in [0.15, 0.2) is 6.20 Å². The molecule has 1 aromatic rings. The van der Waals surface area contributed by atoms with E-state index in [9.17, 15) is 4.79 Å². The highest BCUT2D eigenvalue weighted by Crippen LogP contribution is 2.10. The average Bonchev–Trinajstić information content (AvgIpc) is 2.61. The zero-order valence-electron chi connectivity index (χ0n) is 9.60. The van der Waals surface area contributed by atoms with Crippen LogP contribution in [0.2, 0.25) is 0 Å². The molecule has 0 aliphatic carbocycles. The van der Waals surface area contributed by atoms with Crippen molar-refractivity contribution >= 4 is 11.7 Å². The van der Waals surface area contributed by atoms with Crippen molar-refractivity contribution in [3.8, 4) is 0 Å². The largest absolute Gasteiger partial charge is 0.461 e. The minimum Gasteiger partial charge on any atom is -0.461 e. The summed E-state index contributed by atoms with van der Waals surface area (Å²) in [5.41, 5.74) is 6.18. The molecule has 0 saturated carbocycles. The third-order valence-corrected chi connectivity index (χ3v) is 1.99. The molecule has 0 radical (unpaired) electrons. The molecule has 0 aliphatic rings. The third-order valence-electron chi connectivity index (χ3n) is 1.99. The smallest absolute Gasteiger partial charge is 0.361 e. The average molecular weight is 227 g/mol. The number of hydrogen-bond donors (Lipinski definition) is 1. The number of aryl methyl sites for hydroxylation is 1. The van der Waals surface area contributed by atoms with E-state index in [2.05, 4.69) is 5.10 Å². The monoisotopic (exact) mass is 227 g/mol. The van der Waals surface area contributed by atoms with Gasteiger partial charge in [0.25, 0.3) is 0 Å². The van der Waals surface area contributed by atoms with E-state index in [-0.39, 0.29) is 5.69 Å². The molecule has 6 nitrogen and oxygen atoms in total. The maximum absolute atomic E-state index is 11.4. The summed E-state index contributed by atoms with van der Waals surface area (Å²) in [4.78, 5) is 11.4. The molecule has 2 N–H and O–H groups in total. The number of hydrogen-bond acceptors (Lipinski definition) is 5. The van der Waals surface area contributed by atoms with Gasteiger partial charge in [0.05, 0.1) is 12.3 Å². The number of anilines is 1. The van der Waals surface area contributed by atoms with Crippen LogP contribution in [0, 0.1) is 0 Å². The molecular formula is C10H17N3O3. The van der Waals surface area contributed by atoms with Gasteiger partial charge in [-0.2, -0.15) is 5.10 Å². The summed E-state index contributed by atoms with van der Waals surface area (Å²) in [6.07, 6.45) is 2.45.